The third-order valence-corrected chi connectivity index (χ3v) is 13.2. The molecule has 0 radical (unpaired) electrons. The minimum absolute atomic E-state index is 0.00715. The van der Waals surface area contributed by atoms with E-state index in [1.165, 1.54) is 19.4 Å². The molecule has 21 nitrogen and oxygen atoms in total. The Hall–Kier alpha value is -6.88. The predicted molar refractivity (Wildman–Crippen MR) is 244 cm³/mol. The van der Waals surface area contributed by atoms with E-state index >= 15 is 0 Å². The SMILES string of the molecule is C[C@@H]1C(=O)N[C@@H](Cc2cnc[nH]2)C(=O)N[C@H](Cc2ccccc2)C(=O)N[C@@H](CCCN=C(N)N)C(=O)N[C@@H](Cc2c[nH]c3ccccc23)C(=O)N[C@H](C=O)CSSC[C@@H]2NC(=O)N1C2=O. The fraction of sp³-hybridized carbons (Fsp3) is 0.381. The Kier molecular flexibility index (Phi) is 16.6. The molecular weight excluding hydrogens is 879 g/mol. The number of urea groups is 1. The third kappa shape index (κ3) is 12.9. The average molecular weight is 930 g/mol. The normalized spacial score (nSPS) is 24.2. The summed E-state index contributed by atoms with van der Waals surface area (Å²) in [5.74, 6) is -4.58. The van der Waals surface area contributed by atoms with Gasteiger partial charge in [-0.3, -0.25) is 38.7 Å². The van der Waals surface area contributed by atoms with Crippen LogP contribution in [0.3, 0.4) is 0 Å². The number of aromatic nitrogens is 3. The molecule has 8 amide bonds. The largest absolute Gasteiger partial charge is 0.370 e. The van der Waals surface area contributed by atoms with Crippen LogP contribution in [0.5, 0.6) is 0 Å². The van der Waals surface area contributed by atoms with E-state index in [2.05, 4.69) is 51.8 Å². The second-order valence-electron chi connectivity index (χ2n) is 15.4. The van der Waals surface area contributed by atoms with E-state index < -0.39 is 83.8 Å². The summed E-state index contributed by atoms with van der Waals surface area (Å²) in [5, 5.41) is 17.1. The number of fused-ring (bicyclic) bond motifs is 3. The summed E-state index contributed by atoms with van der Waals surface area (Å²) in [6, 6.07) is 6.69. The maximum absolute atomic E-state index is 14.5. The van der Waals surface area contributed by atoms with Crippen LogP contribution in [0.4, 0.5) is 4.79 Å². The molecule has 4 aromatic rings. The van der Waals surface area contributed by atoms with Crippen LogP contribution in [0.1, 0.15) is 36.6 Å². The molecule has 7 atom stereocenters. The van der Waals surface area contributed by atoms with E-state index in [0.29, 0.717) is 23.1 Å². The summed E-state index contributed by atoms with van der Waals surface area (Å²) < 4.78 is 0. The van der Waals surface area contributed by atoms with E-state index in [0.717, 1.165) is 37.4 Å². The minimum Gasteiger partial charge on any atom is -0.370 e. The minimum atomic E-state index is -1.36. The maximum atomic E-state index is 14.5. The highest BCUT2D eigenvalue weighted by molar-refractivity contribution is 8.76. The second kappa shape index (κ2) is 22.7. The van der Waals surface area contributed by atoms with Crippen molar-refractivity contribution in [3.05, 3.63) is 90.1 Å². The highest BCUT2D eigenvalue weighted by atomic mass is 33.1. The number of carbonyl (C=O) groups is 8. The van der Waals surface area contributed by atoms with Crippen LogP contribution < -0.4 is 43.4 Å². The average Bonchev–Trinajstić information content (AvgIpc) is 4.03. The number of aldehydes is 1. The number of amides is 8. The molecule has 2 aliphatic heterocycles. The number of imide groups is 1. The Balaban J connectivity index is 1.36. The number of aromatic amines is 2. The summed E-state index contributed by atoms with van der Waals surface area (Å²) in [6.45, 7) is 1.44. The van der Waals surface area contributed by atoms with Crippen molar-refractivity contribution in [3.8, 4) is 0 Å². The molecule has 0 unspecified atom stereocenters. The molecule has 2 aromatic carbocycles. The van der Waals surface area contributed by atoms with Gasteiger partial charge in [-0.1, -0.05) is 70.1 Å². The van der Waals surface area contributed by atoms with Crippen LogP contribution in [-0.4, -0.2) is 134 Å². The number of carbonyl (C=O) groups excluding carboxylic acids is 8. The number of nitrogens with zero attached hydrogens (tertiary/aromatic N) is 3. The zero-order valence-corrected chi connectivity index (χ0v) is 36.9. The fourth-order valence-electron chi connectivity index (χ4n) is 7.28. The predicted octanol–water partition coefficient (Wildman–Crippen LogP) is -0.701. The topological polar surface area (TPSA) is 321 Å². The van der Waals surface area contributed by atoms with Gasteiger partial charge in [0.2, 0.25) is 29.5 Å². The van der Waals surface area contributed by atoms with Crippen LogP contribution in [0.15, 0.2) is 78.3 Å². The Labute approximate surface area is 381 Å². The van der Waals surface area contributed by atoms with Crippen molar-refractivity contribution in [1.82, 2.24) is 51.8 Å². The van der Waals surface area contributed by atoms with Crippen molar-refractivity contribution in [2.24, 2.45) is 16.5 Å². The smallest absolute Gasteiger partial charge is 0.325 e. The molecule has 0 aliphatic carbocycles. The first kappa shape index (κ1) is 47.6. The quantitative estimate of drug-likeness (QED) is 0.0223. The van der Waals surface area contributed by atoms with Gasteiger partial charge in [0.15, 0.2) is 5.96 Å². The van der Waals surface area contributed by atoms with Gasteiger partial charge in [0, 0.05) is 66.3 Å². The highest BCUT2D eigenvalue weighted by Crippen LogP contribution is 2.26. The van der Waals surface area contributed by atoms with E-state index in [1.807, 2.05) is 24.3 Å². The van der Waals surface area contributed by atoms with E-state index in [4.69, 9.17) is 11.5 Å². The number of hydrogen-bond donors (Lipinski definition) is 10. The Morgan fingerprint density at radius 3 is 2.09 bits per heavy atom. The molecule has 2 bridgehead atoms. The number of guanidine groups is 1. The number of H-pyrrole nitrogens is 2. The molecule has 65 heavy (non-hydrogen) atoms. The second-order valence-corrected chi connectivity index (χ2v) is 18.0. The number of aliphatic imine (C=N–C) groups is 1. The molecule has 2 aliphatic rings. The molecule has 344 valence electrons. The molecular formula is C42H51N13O8S2. The first-order valence-electron chi connectivity index (χ1n) is 20.8. The van der Waals surface area contributed by atoms with Gasteiger partial charge in [-0.25, -0.2) is 9.78 Å². The van der Waals surface area contributed by atoms with Gasteiger partial charge in [-0.05, 0) is 37.0 Å². The molecule has 0 spiro atoms. The molecule has 2 aromatic heterocycles. The summed E-state index contributed by atoms with van der Waals surface area (Å²) in [5.41, 5.74) is 13.7. The van der Waals surface area contributed by atoms with Crippen LogP contribution in [0, 0.1) is 0 Å². The highest BCUT2D eigenvalue weighted by Gasteiger charge is 2.44. The lowest BCUT2D eigenvalue weighted by molar-refractivity contribution is -0.137. The first-order valence-corrected chi connectivity index (χ1v) is 23.3. The lowest BCUT2D eigenvalue weighted by Gasteiger charge is -2.28. The van der Waals surface area contributed by atoms with Crippen molar-refractivity contribution >= 4 is 86.2 Å². The molecule has 4 heterocycles. The molecule has 6 rings (SSSR count). The molecule has 2 saturated heterocycles. The monoisotopic (exact) mass is 929 g/mol. The zero-order valence-electron chi connectivity index (χ0n) is 35.3. The fourth-order valence-corrected chi connectivity index (χ4v) is 9.57. The molecule has 23 heteroatoms. The van der Waals surface area contributed by atoms with E-state index in [-0.39, 0.29) is 56.1 Å². The third-order valence-electron chi connectivity index (χ3n) is 10.7. The van der Waals surface area contributed by atoms with Crippen molar-refractivity contribution in [2.45, 2.75) is 81.3 Å². The molecule has 12 N–H and O–H groups in total. The van der Waals surface area contributed by atoms with Crippen LogP contribution in [0.2, 0.25) is 0 Å². The first-order chi connectivity index (χ1) is 31.3. The van der Waals surface area contributed by atoms with Gasteiger partial charge < -0.3 is 58.1 Å². The lowest BCUT2D eigenvalue weighted by atomic mass is 10.0. The Morgan fingerprint density at radius 1 is 0.754 bits per heavy atom. The lowest BCUT2D eigenvalue weighted by Crippen LogP contribution is -2.60. The van der Waals surface area contributed by atoms with Gasteiger partial charge in [0.05, 0.1) is 12.4 Å². The van der Waals surface area contributed by atoms with Gasteiger partial charge in [-0.15, -0.1) is 0 Å². The van der Waals surface area contributed by atoms with Crippen LogP contribution in [0.25, 0.3) is 10.9 Å². The zero-order chi connectivity index (χ0) is 46.5. The number of hydrogen-bond acceptors (Lipinski definition) is 12. The number of imidazole rings is 1. The standard InChI is InChI=1S/C42H51N13O8S2/c1-23-35(57)51-33(16-26-18-45-22-48-26)39(61)52-31(14-24-8-3-2-4-9-24)38(60)50-30(12-7-13-46-41(43)44)36(58)53-32(15-25-17-47-29-11-6-5-10-28(25)29)37(59)49-27(19-56)20-64-65-21-34-40(62)55(23)42(63)54-34/h2-6,8-11,17-19,22-23,27,30-34,47H,7,12-16,20-21H2,1H3,(H,45,48)(H,49,59)(H,50,60)(H,51,57)(H,52,61)(H,53,58)(H,54,63)(H4,43,44,46)/t23-,27-,30+,31-,32+,33+,34+/m1/s1. The number of nitrogens with one attached hydrogen (secondary N) is 8. The van der Waals surface area contributed by atoms with Gasteiger partial charge in [-0.2, -0.15) is 0 Å². The van der Waals surface area contributed by atoms with Crippen molar-refractivity contribution in [2.75, 3.05) is 18.1 Å². The van der Waals surface area contributed by atoms with Crippen molar-refractivity contribution in [3.63, 3.8) is 0 Å². The van der Waals surface area contributed by atoms with E-state index in [9.17, 15) is 38.4 Å². The van der Waals surface area contributed by atoms with Crippen molar-refractivity contribution in [1.29, 1.82) is 0 Å². The van der Waals surface area contributed by atoms with Gasteiger partial charge in [0.1, 0.15) is 42.5 Å². The molecule has 0 saturated carbocycles. The number of nitrogens with two attached hydrogens (primary N) is 2. The number of benzene rings is 2. The van der Waals surface area contributed by atoms with E-state index in [1.54, 1.807) is 36.5 Å². The van der Waals surface area contributed by atoms with Crippen molar-refractivity contribution < 1.29 is 38.4 Å². The summed E-state index contributed by atoms with van der Waals surface area (Å²) >= 11 is 0. The summed E-state index contributed by atoms with van der Waals surface area (Å²) in [4.78, 5) is 125. The number of para-hydroxylation sites is 1. The number of rotatable bonds is 11. The Morgan fingerprint density at radius 2 is 1.38 bits per heavy atom. The van der Waals surface area contributed by atoms with Crippen LogP contribution in [-0.2, 0) is 52.8 Å². The maximum Gasteiger partial charge on any atom is 0.325 e. The summed E-state index contributed by atoms with van der Waals surface area (Å²) in [7, 11) is 2.32. The Bertz CT molecular complexity index is 2380. The molecule has 2 fully saturated rings. The van der Waals surface area contributed by atoms with Crippen LogP contribution >= 0.6 is 21.6 Å². The summed E-state index contributed by atoms with van der Waals surface area (Å²) in [6.07, 6.45) is 5.11. The van der Waals surface area contributed by atoms with Gasteiger partial charge >= 0.3 is 6.03 Å². The van der Waals surface area contributed by atoms with Gasteiger partial charge in [0.25, 0.3) is 5.91 Å².